The van der Waals surface area contributed by atoms with Gasteiger partial charge in [-0.25, -0.2) is 17.9 Å². The van der Waals surface area contributed by atoms with E-state index in [2.05, 4.69) is 9.46 Å². The minimum atomic E-state index is -3.70. The molecule has 1 aromatic rings. The van der Waals surface area contributed by atoms with E-state index in [-0.39, 0.29) is 15.8 Å². The summed E-state index contributed by atoms with van der Waals surface area (Å²) >= 11 is 1.08. The molecular weight excluding hydrogens is 286 g/mol. The predicted octanol–water partition coefficient (Wildman–Crippen LogP) is 1.84. The van der Waals surface area contributed by atoms with Gasteiger partial charge >= 0.3 is 5.97 Å². The second-order valence-corrected chi connectivity index (χ2v) is 6.86. The predicted molar refractivity (Wildman–Crippen MR) is 72.9 cm³/mol. The maximum atomic E-state index is 12.4. The summed E-state index contributed by atoms with van der Waals surface area (Å²) in [5.74, 6) is -0.622. The molecule has 1 N–H and O–H groups in total. The van der Waals surface area contributed by atoms with Crippen molar-refractivity contribution in [1.29, 1.82) is 0 Å². The van der Waals surface area contributed by atoms with E-state index < -0.39 is 16.0 Å². The minimum absolute atomic E-state index is 0.0382. The zero-order valence-electron chi connectivity index (χ0n) is 10.7. The van der Waals surface area contributed by atoms with Crippen molar-refractivity contribution < 1.29 is 17.9 Å². The monoisotopic (exact) mass is 301 g/mol. The van der Waals surface area contributed by atoms with Crippen molar-refractivity contribution in [3.05, 3.63) is 28.0 Å². The third kappa shape index (κ3) is 2.88. The van der Waals surface area contributed by atoms with E-state index in [4.69, 9.17) is 0 Å². The van der Waals surface area contributed by atoms with Crippen LogP contribution in [0.3, 0.4) is 0 Å². The molecule has 0 aliphatic heterocycles. The molecule has 19 heavy (non-hydrogen) atoms. The maximum absolute atomic E-state index is 12.4. The van der Waals surface area contributed by atoms with Crippen LogP contribution in [0, 0.1) is 6.92 Å². The van der Waals surface area contributed by atoms with Gasteiger partial charge in [-0.2, -0.15) is 0 Å². The van der Waals surface area contributed by atoms with E-state index in [0.29, 0.717) is 18.4 Å². The van der Waals surface area contributed by atoms with Crippen LogP contribution in [0.4, 0.5) is 0 Å². The number of hydrogen-bond donors (Lipinski definition) is 1. The highest BCUT2D eigenvalue weighted by atomic mass is 32.2. The lowest BCUT2D eigenvalue weighted by Gasteiger charge is -2.13. The normalized spacial score (nSPS) is 15.9. The van der Waals surface area contributed by atoms with E-state index in [0.717, 1.165) is 11.3 Å². The van der Waals surface area contributed by atoms with E-state index in [1.807, 2.05) is 12.2 Å². The Morgan fingerprint density at radius 3 is 2.63 bits per heavy atom. The quantitative estimate of drug-likeness (QED) is 0.680. The first kappa shape index (κ1) is 14.2. The first-order valence-corrected chi connectivity index (χ1v) is 8.15. The summed E-state index contributed by atoms with van der Waals surface area (Å²) in [6.45, 7) is 1.67. The Kier molecular flexibility index (Phi) is 4.07. The zero-order valence-corrected chi connectivity index (χ0v) is 12.3. The molecule has 0 aromatic carbocycles. The molecule has 0 saturated carbocycles. The molecule has 0 unspecified atom stereocenters. The van der Waals surface area contributed by atoms with Crippen LogP contribution >= 0.6 is 11.3 Å². The molecule has 1 aliphatic carbocycles. The molecular formula is C12H15NO4S2. The fourth-order valence-corrected chi connectivity index (χ4v) is 4.96. The number of methoxy groups -OCH3 is 1. The summed E-state index contributed by atoms with van der Waals surface area (Å²) in [4.78, 5) is 11.8. The van der Waals surface area contributed by atoms with Crippen LogP contribution in [0.1, 0.15) is 28.1 Å². The van der Waals surface area contributed by atoms with Crippen LogP contribution < -0.4 is 4.72 Å². The molecule has 0 amide bonds. The Hall–Kier alpha value is -1.18. The van der Waals surface area contributed by atoms with Gasteiger partial charge in [-0.05, 0) is 30.7 Å². The SMILES string of the molecule is COC(=O)c1scc(C)c1S(=O)(=O)NC1CC=CC1. The van der Waals surface area contributed by atoms with E-state index in [9.17, 15) is 13.2 Å². The van der Waals surface area contributed by atoms with E-state index in [1.54, 1.807) is 12.3 Å². The van der Waals surface area contributed by atoms with Crippen LogP contribution in [0.2, 0.25) is 0 Å². The number of aryl methyl sites for hydroxylation is 1. The van der Waals surface area contributed by atoms with Crippen LogP contribution in [0.15, 0.2) is 22.4 Å². The lowest BCUT2D eigenvalue weighted by atomic mass is 10.3. The van der Waals surface area contributed by atoms with Gasteiger partial charge in [0.1, 0.15) is 9.77 Å². The number of esters is 1. The van der Waals surface area contributed by atoms with Crippen molar-refractivity contribution in [1.82, 2.24) is 4.72 Å². The highest BCUT2D eigenvalue weighted by Crippen LogP contribution is 2.28. The van der Waals surface area contributed by atoms with Gasteiger partial charge in [0.2, 0.25) is 10.0 Å². The molecule has 1 aliphatic rings. The van der Waals surface area contributed by atoms with Gasteiger partial charge in [0, 0.05) is 6.04 Å². The summed E-state index contributed by atoms with van der Waals surface area (Å²) in [7, 11) is -2.46. The third-order valence-corrected chi connectivity index (χ3v) is 5.80. The molecule has 0 radical (unpaired) electrons. The fourth-order valence-electron chi connectivity index (χ4n) is 1.99. The van der Waals surface area contributed by atoms with Gasteiger partial charge in [0.25, 0.3) is 0 Å². The Morgan fingerprint density at radius 1 is 1.42 bits per heavy atom. The molecule has 104 valence electrons. The lowest BCUT2D eigenvalue weighted by molar-refractivity contribution is 0.0602. The number of sulfonamides is 1. The standard InChI is InChI=1S/C12H15NO4S2/c1-8-7-18-10(12(14)17-2)11(8)19(15,16)13-9-5-3-4-6-9/h3-4,7,9,13H,5-6H2,1-2H3. The van der Waals surface area contributed by atoms with Gasteiger partial charge in [-0.15, -0.1) is 11.3 Å². The third-order valence-electron chi connectivity index (χ3n) is 2.89. The Labute approximate surface area is 116 Å². The largest absolute Gasteiger partial charge is 0.465 e. The Morgan fingerprint density at radius 2 is 2.05 bits per heavy atom. The van der Waals surface area contributed by atoms with Crippen LogP contribution in [-0.2, 0) is 14.8 Å². The average molecular weight is 301 g/mol. The molecule has 0 spiro atoms. The number of hydrogen-bond acceptors (Lipinski definition) is 5. The summed E-state index contributed by atoms with van der Waals surface area (Å²) in [6.07, 6.45) is 5.23. The van der Waals surface area contributed by atoms with Crippen LogP contribution in [0.5, 0.6) is 0 Å². The number of nitrogens with one attached hydrogen (secondary N) is 1. The minimum Gasteiger partial charge on any atom is -0.465 e. The molecule has 2 rings (SSSR count). The highest BCUT2D eigenvalue weighted by Gasteiger charge is 2.29. The fraction of sp³-hybridized carbons (Fsp3) is 0.417. The molecule has 0 saturated heterocycles. The zero-order chi connectivity index (χ0) is 14.0. The van der Waals surface area contributed by atoms with Gasteiger partial charge < -0.3 is 4.74 Å². The Balaban J connectivity index is 2.34. The van der Waals surface area contributed by atoms with Crippen molar-refractivity contribution in [3.8, 4) is 0 Å². The molecule has 0 fully saturated rings. The van der Waals surface area contributed by atoms with Gasteiger partial charge in [0.15, 0.2) is 0 Å². The number of carbonyl (C=O) groups is 1. The second kappa shape index (κ2) is 5.44. The number of thiophene rings is 1. The smallest absolute Gasteiger partial charge is 0.349 e. The van der Waals surface area contributed by atoms with Gasteiger partial charge in [-0.3, -0.25) is 0 Å². The highest BCUT2D eigenvalue weighted by molar-refractivity contribution is 7.89. The van der Waals surface area contributed by atoms with Crippen LogP contribution in [0.25, 0.3) is 0 Å². The molecule has 7 heteroatoms. The number of rotatable bonds is 4. The first-order chi connectivity index (χ1) is 8.95. The van der Waals surface area contributed by atoms with Gasteiger partial charge in [0.05, 0.1) is 7.11 Å². The number of ether oxygens (including phenoxy) is 1. The first-order valence-electron chi connectivity index (χ1n) is 5.79. The molecule has 1 aromatic heterocycles. The lowest BCUT2D eigenvalue weighted by Crippen LogP contribution is -2.33. The molecule has 1 heterocycles. The topological polar surface area (TPSA) is 72.5 Å². The number of carbonyl (C=O) groups excluding carboxylic acids is 1. The van der Waals surface area contributed by atoms with Crippen molar-refractivity contribution in [2.24, 2.45) is 0 Å². The van der Waals surface area contributed by atoms with Crippen molar-refractivity contribution in [2.45, 2.75) is 30.7 Å². The second-order valence-electron chi connectivity index (χ2n) is 4.33. The average Bonchev–Trinajstić information content (AvgIpc) is 2.97. The molecule has 0 atom stereocenters. The summed E-state index contributed by atoms with van der Waals surface area (Å²) in [5, 5.41) is 1.65. The van der Waals surface area contributed by atoms with Gasteiger partial charge in [-0.1, -0.05) is 12.2 Å². The molecule has 0 bridgehead atoms. The van der Waals surface area contributed by atoms with Crippen LogP contribution in [-0.4, -0.2) is 27.5 Å². The van der Waals surface area contributed by atoms with Crippen molar-refractivity contribution in [3.63, 3.8) is 0 Å². The summed E-state index contributed by atoms with van der Waals surface area (Å²) in [5.41, 5.74) is 0.559. The van der Waals surface area contributed by atoms with Crippen molar-refractivity contribution in [2.75, 3.05) is 7.11 Å². The molecule has 5 nitrogen and oxygen atoms in total. The maximum Gasteiger partial charge on any atom is 0.349 e. The van der Waals surface area contributed by atoms with E-state index in [1.165, 1.54) is 7.11 Å². The van der Waals surface area contributed by atoms with E-state index >= 15 is 0 Å². The van der Waals surface area contributed by atoms with Crippen molar-refractivity contribution >= 4 is 27.3 Å². The Bertz CT molecular complexity index is 608. The summed E-state index contributed by atoms with van der Waals surface area (Å²) in [6, 6.07) is -0.130. The summed E-state index contributed by atoms with van der Waals surface area (Å²) < 4.78 is 32.0.